The molecule has 142 valence electrons. The van der Waals surface area contributed by atoms with E-state index in [1.54, 1.807) is 0 Å². The van der Waals surface area contributed by atoms with E-state index in [0.717, 1.165) is 55.9 Å². The van der Waals surface area contributed by atoms with Crippen molar-refractivity contribution in [2.45, 2.75) is 51.0 Å². The lowest BCUT2D eigenvalue weighted by Crippen LogP contribution is -2.39. The summed E-state index contributed by atoms with van der Waals surface area (Å²) >= 11 is 6.08. The molecular formula is C24H29ClN2. The maximum absolute atomic E-state index is 10.2. The SMILES string of the molecule is CCN(CCCC(C#N)(c1ccc(Cl)cc1)C1CCC1)Cc1ccccc1. The lowest BCUT2D eigenvalue weighted by atomic mass is 9.61. The van der Waals surface area contributed by atoms with Gasteiger partial charge in [0.2, 0.25) is 0 Å². The number of hydrogen-bond donors (Lipinski definition) is 0. The Hall–Kier alpha value is -1.82. The van der Waals surface area contributed by atoms with Crippen molar-refractivity contribution in [1.82, 2.24) is 4.90 Å². The summed E-state index contributed by atoms with van der Waals surface area (Å²) in [5, 5.41) is 10.9. The van der Waals surface area contributed by atoms with Crippen LogP contribution in [0.25, 0.3) is 0 Å². The highest BCUT2D eigenvalue weighted by atomic mass is 35.5. The minimum absolute atomic E-state index is 0.366. The van der Waals surface area contributed by atoms with Crippen molar-refractivity contribution >= 4 is 11.6 Å². The topological polar surface area (TPSA) is 27.0 Å². The monoisotopic (exact) mass is 380 g/mol. The van der Waals surface area contributed by atoms with Gasteiger partial charge < -0.3 is 0 Å². The maximum Gasteiger partial charge on any atom is 0.0850 e. The Morgan fingerprint density at radius 3 is 2.37 bits per heavy atom. The Morgan fingerprint density at radius 2 is 1.81 bits per heavy atom. The van der Waals surface area contributed by atoms with Gasteiger partial charge in [-0.15, -0.1) is 0 Å². The molecule has 0 spiro atoms. The Morgan fingerprint density at radius 1 is 1.11 bits per heavy atom. The van der Waals surface area contributed by atoms with Gasteiger partial charge in [-0.2, -0.15) is 5.26 Å². The largest absolute Gasteiger partial charge is 0.299 e. The third-order valence-corrected chi connectivity index (χ3v) is 6.35. The molecule has 2 aromatic carbocycles. The third-order valence-electron chi connectivity index (χ3n) is 6.10. The molecule has 2 nitrogen and oxygen atoms in total. The standard InChI is InChI=1S/C24H29ClN2/c1-2-27(18-20-8-4-3-5-9-20)17-7-16-24(19-26,21-10-6-11-21)22-12-14-23(25)15-13-22/h3-5,8-9,12-15,21H,2,6-7,10-11,16-18H2,1H3. The number of nitrogens with zero attached hydrogens (tertiary/aromatic N) is 2. The van der Waals surface area contributed by atoms with Gasteiger partial charge in [-0.1, -0.05) is 67.4 Å². The van der Waals surface area contributed by atoms with Crippen molar-refractivity contribution in [2.75, 3.05) is 13.1 Å². The van der Waals surface area contributed by atoms with E-state index < -0.39 is 0 Å². The molecule has 3 heteroatoms. The van der Waals surface area contributed by atoms with E-state index in [1.165, 1.54) is 12.0 Å². The molecule has 0 bridgehead atoms. The van der Waals surface area contributed by atoms with Crippen LogP contribution >= 0.6 is 11.6 Å². The summed E-state index contributed by atoms with van der Waals surface area (Å²) in [6, 6.07) is 21.3. The van der Waals surface area contributed by atoms with Gasteiger partial charge >= 0.3 is 0 Å². The van der Waals surface area contributed by atoms with E-state index >= 15 is 0 Å². The van der Waals surface area contributed by atoms with Crippen LogP contribution in [-0.2, 0) is 12.0 Å². The van der Waals surface area contributed by atoms with Gasteiger partial charge in [0.15, 0.2) is 0 Å². The molecule has 0 saturated heterocycles. The molecule has 1 aliphatic carbocycles. The van der Waals surface area contributed by atoms with Crippen molar-refractivity contribution in [3.05, 3.63) is 70.7 Å². The first-order valence-corrected chi connectivity index (χ1v) is 10.5. The number of nitriles is 1. The third kappa shape index (κ3) is 4.72. The molecule has 0 aliphatic heterocycles. The van der Waals surface area contributed by atoms with Crippen molar-refractivity contribution in [3.8, 4) is 6.07 Å². The van der Waals surface area contributed by atoms with Crippen LogP contribution in [0.4, 0.5) is 0 Å². The first-order chi connectivity index (χ1) is 13.2. The zero-order valence-corrected chi connectivity index (χ0v) is 17.0. The molecule has 1 saturated carbocycles. The van der Waals surface area contributed by atoms with E-state index in [2.05, 4.69) is 60.4 Å². The summed E-state index contributed by atoms with van der Waals surface area (Å²) in [5.41, 5.74) is 2.13. The number of benzene rings is 2. The molecular weight excluding hydrogens is 352 g/mol. The van der Waals surface area contributed by atoms with Crippen LogP contribution in [0, 0.1) is 17.2 Å². The molecule has 1 fully saturated rings. The minimum Gasteiger partial charge on any atom is -0.299 e. The van der Waals surface area contributed by atoms with Gasteiger partial charge in [0.25, 0.3) is 0 Å². The summed E-state index contributed by atoms with van der Waals surface area (Å²) in [7, 11) is 0. The lowest BCUT2D eigenvalue weighted by molar-refractivity contribution is 0.184. The fraction of sp³-hybridized carbons (Fsp3) is 0.458. The molecule has 0 aromatic heterocycles. The molecule has 27 heavy (non-hydrogen) atoms. The normalized spacial score (nSPS) is 16.5. The lowest BCUT2D eigenvalue weighted by Gasteiger charge is -2.41. The molecule has 3 rings (SSSR count). The quantitative estimate of drug-likeness (QED) is 0.517. The highest BCUT2D eigenvalue weighted by Crippen LogP contribution is 2.47. The summed E-state index contributed by atoms with van der Waals surface area (Å²) in [5.74, 6) is 0.480. The summed E-state index contributed by atoms with van der Waals surface area (Å²) in [6.07, 6.45) is 5.53. The molecule has 1 unspecified atom stereocenters. The predicted molar refractivity (Wildman–Crippen MR) is 113 cm³/mol. The van der Waals surface area contributed by atoms with Gasteiger partial charge in [0.05, 0.1) is 11.5 Å². The molecule has 0 radical (unpaired) electrons. The Bertz CT molecular complexity index is 746. The highest BCUT2D eigenvalue weighted by Gasteiger charge is 2.43. The van der Waals surface area contributed by atoms with Crippen LogP contribution in [0.15, 0.2) is 54.6 Å². The van der Waals surface area contributed by atoms with Crippen LogP contribution in [-0.4, -0.2) is 18.0 Å². The summed E-state index contributed by atoms with van der Waals surface area (Å²) in [6.45, 7) is 5.24. The number of rotatable bonds is 9. The van der Waals surface area contributed by atoms with Crippen LogP contribution in [0.2, 0.25) is 5.02 Å². The van der Waals surface area contributed by atoms with Crippen LogP contribution in [0.5, 0.6) is 0 Å². The smallest absolute Gasteiger partial charge is 0.0850 e. The van der Waals surface area contributed by atoms with Crippen molar-refractivity contribution in [1.29, 1.82) is 5.26 Å². The minimum atomic E-state index is -0.366. The average Bonchev–Trinajstić information content (AvgIpc) is 2.66. The van der Waals surface area contributed by atoms with E-state index in [0.29, 0.717) is 5.92 Å². The first kappa shape index (κ1) is 19.9. The van der Waals surface area contributed by atoms with Crippen molar-refractivity contribution < 1.29 is 0 Å². The van der Waals surface area contributed by atoms with E-state index in [-0.39, 0.29) is 5.41 Å². The van der Waals surface area contributed by atoms with Crippen molar-refractivity contribution in [3.63, 3.8) is 0 Å². The molecule has 0 N–H and O–H groups in total. The average molecular weight is 381 g/mol. The molecule has 0 amide bonds. The van der Waals surface area contributed by atoms with E-state index in [9.17, 15) is 5.26 Å². The Kier molecular flexibility index (Phi) is 6.94. The van der Waals surface area contributed by atoms with Crippen LogP contribution in [0.3, 0.4) is 0 Å². The van der Waals surface area contributed by atoms with Crippen LogP contribution in [0.1, 0.15) is 50.2 Å². The van der Waals surface area contributed by atoms with Gasteiger partial charge in [-0.05, 0) is 68.0 Å². The first-order valence-electron chi connectivity index (χ1n) is 10.1. The number of halogens is 1. The van der Waals surface area contributed by atoms with Crippen molar-refractivity contribution in [2.24, 2.45) is 5.92 Å². The van der Waals surface area contributed by atoms with E-state index in [4.69, 9.17) is 11.6 Å². The van der Waals surface area contributed by atoms with Crippen LogP contribution < -0.4 is 0 Å². The predicted octanol–water partition coefficient (Wildman–Crippen LogP) is 6.20. The molecule has 2 aromatic rings. The fourth-order valence-corrected chi connectivity index (χ4v) is 4.34. The second-order valence-corrected chi connectivity index (χ2v) is 8.11. The van der Waals surface area contributed by atoms with Gasteiger partial charge in [0.1, 0.15) is 0 Å². The second-order valence-electron chi connectivity index (χ2n) is 7.68. The van der Waals surface area contributed by atoms with Gasteiger partial charge in [-0.25, -0.2) is 0 Å². The zero-order valence-electron chi connectivity index (χ0n) is 16.2. The van der Waals surface area contributed by atoms with Gasteiger partial charge in [0, 0.05) is 11.6 Å². The molecule has 1 aliphatic rings. The van der Waals surface area contributed by atoms with Gasteiger partial charge in [-0.3, -0.25) is 4.90 Å². The second kappa shape index (κ2) is 9.40. The molecule has 1 atom stereocenters. The summed E-state index contributed by atoms with van der Waals surface area (Å²) in [4.78, 5) is 2.47. The number of hydrogen-bond acceptors (Lipinski definition) is 2. The maximum atomic E-state index is 10.2. The summed E-state index contributed by atoms with van der Waals surface area (Å²) < 4.78 is 0. The highest BCUT2D eigenvalue weighted by molar-refractivity contribution is 6.30. The zero-order chi connectivity index (χ0) is 19.1. The van der Waals surface area contributed by atoms with E-state index in [1.807, 2.05) is 12.1 Å². The Labute approximate surface area is 168 Å². The Balaban J connectivity index is 1.67. The molecule has 0 heterocycles. The fourth-order valence-electron chi connectivity index (χ4n) is 4.22.